The lowest BCUT2D eigenvalue weighted by molar-refractivity contribution is -0.121. The first-order chi connectivity index (χ1) is 8.40. The van der Waals surface area contributed by atoms with Crippen LogP contribution in [0.15, 0.2) is 24.3 Å². The van der Waals surface area contributed by atoms with Crippen molar-refractivity contribution >= 4 is 17.3 Å². The predicted octanol–water partition coefficient (Wildman–Crippen LogP) is 2.84. The molecule has 3 heteroatoms. The molecule has 1 aliphatic rings. The number of carbonyl (C=O) groups is 2. The van der Waals surface area contributed by atoms with Gasteiger partial charge in [0, 0.05) is 36.2 Å². The molecule has 1 aromatic carbocycles. The Balaban J connectivity index is 2.33. The minimum atomic E-state index is -0.176. The summed E-state index contributed by atoms with van der Waals surface area (Å²) in [5.41, 5.74) is 1.57. The minimum Gasteiger partial charge on any atom is -0.366 e. The number of piperidine rings is 1. The van der Waals surface area contributed by atoms with E-state index < -0.39 is 0 Å². The van der Waals surface area contributed by atoms with Crippen LogP contribution >= 0.6 is 0 Å². The molecule has 0 atom stereocenters. The first-order valence-electron chi connectivity index (χ1n) is 6.30. The molecule has 0 spiro atoms. The summed E-state index contributed by atoms with van der Waals surface area (Å²) in [6.45, 7) is 6.45. The van der Waals surface area contributed by atoms with Gasteiger partial charge in [0.05, 0.1) is 0 Å². The van der Waals surface area contributed by atoms with Crippen LogP contribution in [0.25, 0.3) is 0 Å². The van der Waals surface area contributed by atoms with Crippen molar-refractivity contribution < 1.29 is 9.59 Å². The molecule has 0 saturated carbocycles. The summed E-state index contributed by atoms with van der Waals surface area (Å²) in [4.78, 5) is 25.2. The molecule has 1 aromatic rings. The minimum absolute atomic E-state index is 0.0720. The fourth-order valence-corrected chi connectivity index (χ4v) is 2.58. The van der Waals surface area contributed by atoms with E-state index >= 15 is 0 Å². The highest BCUT2D eigenvalue weighted by molar-refractivity contribution is 5.95. The molecule has 96 valence electrons. The molecule has 1 aliphatic heterocycles. The summed E-state index contributed by atoms with van der Waals surface area (Å²) in [5, 5.41) is 0. The first-order valence-corrected chi connectivity index (χ1v) is 6.30. The van der Waals surface area contributed by atoms with Gasteiger partial charge in [0.1, 0.15) is 5.78 Å². The van der Waals surface area contributed by atoms with Crippen molar-refractivity contribution in [2.24, 2.45) is 0 Å². The molecular weight excluding hydrogens is 226 g/mol. The van der Waals surface area contributed by atoms with Crippen molar-refractivity contribution in [3.05, 3.63) is 29.8 Å². The highest BCUT2D eigenvalue weighted by atomic mass is 16.1. The molecule has 1 saturated heterocycles. The Morgan fingerprint density at radius 3 is 2.67 bits per heavy atom. The quantitative estimate of drug-likeness (QED) is 0.752. The number of Topliss-reactive ketones (excluding diaryl/α,β-unsaturated/α-hetero) is 2. The molecular formula is C15H19NO2. The summed E-state index contributed by atoms with van der Waals surface area (Å²) in [6, 6.07) is 7.65. The van der Waals surface area contributed by atoms with Crippen molar-refractivity contribution in [2.75, 3.05) is 11.4 Å². The topological polar surface area (TPSA) is 37.4 Å². The van der Waals surface area contributed by atoms with E-state index in [9.17, 15) is 9.59 Å². The van der Waals surface area contributed by atoms with Crippen LogP contribution in [0.5, 0.6) is 0 Å². The SMILES string of the molecule is CC(=O)c1cccc(N2CCC(=O)CC2(C)C)c1. The summed E-state index contributed by atoms with van der Waals surface area (Å²) in [5.74, 6) is 0.390. The molecule has 0 N–H and O–H groups in total. The monoisotopic (exact) mass is 245 g/mol. The number of ketones is 2. The molecule has 3 nitrogen and oxygen atoms in total. The van der Waals surface area contributed by atoms with Crippen LogP contribution in [0.3, 0.4) is 0 Å². The van der Waals surface area contributed by atoms with Gasteiger partial charge in [-0.25, -0.2) is 0 Å². The fourth-order valence-electron chi connectivity index (χ4n) is 2.58. The van der Waals surface area contributed by atoms with Gasteiger partial charge in [0.25, 0.3) is 0 Å². The highest BCUT2D eigenvalue weighted by Crippen LogP contribution is 2.31. The Hall–Kier alpha value is -1.64. The van der Waals surface area contributed by atoms with E-state index in [1.54, 1.807) is 6.92 Å². The maximum Gasteiger partial charge on any atom is 0.159 e. The standard InChI is InChI=1S/C15H19NO2/c1-11(17)12-5-4-6-13(9-12)16-8-7-14(18)10-15(16,2)3/h4-6,9H,7-8,10H2,1-3H3. The Morgan fingerprint density at radius 2 is 2.06 bits per heavy atom. The van der Waals surface area contributed by atoms with Crippen LogP contribution in [0.1, 0.15) is 44.0 Å². The van der Waals surface area contributed by atoms with Crippen LogP contribution in [0, 0.1) is 0 Å². The molecule has 0 aromatic heterocycles. The third-order valence-corrected chi connectivity index (χ3v) is 3.54. The Kier molecular flexibility index (Phi) is 3.24. The molecule has 0 radical (unpaired) electrons. The Labute approximate surface area is 108 Å². The van der Waals surface area contributed by atoms with E-state index in [-0.39, 0.29) is 11.3 Å². The summed E-state index contributed by atoms with van der Waals surface area (Å²) in [6.07, 6.45) is 1.16. The van der Waals surface area contributed by atoms with E-state index in [1.165, 1.54) is 0 Å². The lowest BCUT2D eigenvalue weighted by Gasteiger charge is -2.43. The second-order valence-electron chi connectivity index (χ2n) is 5.54. The van der Waals surface area contributed by atoms with Gasteiger partial charge in [-0.05, 0) is 32.9 Å². The number of nitrogens with zero attached hydrogens (tertiary/aromatic N) is 1. The number of rotatable bonds is 2. The second-order valence-corrected chi connectivity index (χ2v) is 5.54. The van der Waals surface area contributed by atoms with Gasteiger partial charge < -0.3 is 4.90 Å². The lowest BCUT2D eigenvalue weighted by Crippen LogP contribution is -2.50. The second kappa shape index (κ2) is 4.56. The van der Waals surface area contributed by atoms with Crippen LogP contribution in [0.4, 0.5) is 5.69 Å². The summed E-state index contributed by atoms with van der Waals surface area (Å²) >= 11 is 0. The molecule has 0 amide bonds. The van der Waals surface area contributed by atoms with Crippen molar-refractivity contribution in [1.82, 2.24) is 0 Å². The summed E-state index contributed by atoms with van der Waals surface area (Å²) in [7, 11) is 0. The van der Waals surface area contributed by atoms with Gasteiger partial charge >= 0.3 is 0 Å². The zero-order valence-corrected chi connectivity index (χ0v) is 11.2. The van der Waals surface area contributed by atoms with Crippen LogP contribution < -0.4 is 4.90 Å². The van der Waals surface area contributed by atoms with Gasteiger partial charge in [0.15, 0.2) is 5.78 Å². The van der Waals surface area contributed by atoms with E-state index in [1.807, 2.05) is 24.3 Å². The van der Waals surface area contributed by atoms with Crippen LogP contribution in [-0.2, 0) is 4.79 Å². The zero-order valence-electron chi connectivity index (χ0n) is 11.2. The number of hydrogen-bond donors (Lipinski definition) is 0. The van der Waals surface area contributed by atoms with Crippen LogP contribution in [0.2, 0.25) is 0 Å². The van der Waals surface area contributed by atoms with Gasteiger partial charge in [-0.3, -0.25) is 9.59 Å². The van der Waals surface area contributed by atoms with Gasteiger partial charge in [-0.1, -0.05) is 12.1 Å². The van der Waals surface area contributed by atoms with E-state index in [2.05, 4.69) is 18.7 Å². The molecule has 0 unspecified atom stereocenters. The smallest absolute Gasteiger partial charge is 0.159 e. The Morgan fingerprint density at radius 1 is 1.33 bits per heavy atom. The van der Waals surface area contributed by atoms with Crippen molar-refractivity contribution in [3.63, 3.8) is 0 Å². The number of anilines is 1. The largest absolute Gasteiger partial charge is 0.366 e. The fraction of sp³-hybridized carbons (Fsp3) is 0.467. The third kappa shape index (κ3) is 2.45. The third-order valence-electron chi connectivity index (χ3n) is 3.54. The van der Waals surface area contributed by atoms with Gasteiger partial charge in [-0.15, -0.1) is 0 Å². The Bertz CT molecular complexity index is 491. The molecule has 18 heavy (non-hydrogen) atoms. The van der Waals surface area contributed by atoms with E-state index in [0.717, 1.165) is 17.8 Å². The molecule has 0 aliphatic carbocycles. The molecule has 1 fully saturated rings. The number of benzene rings is 1. The first kappa shape index (κ1) is 12.8. The molecule has 0 bridgehead atoms. The van der Waals surface area contributed by atoms with Gasteiger partial charge in [-0.2, -0.15) is 0 Å². The lowest BCUT2D eigenvalue weighted by atomic mass is 9.89. The summed E-state index contributed by atoms with van der Waals surface area (Å²) < 4.78 is 0. The van der Waals surface area contributed by atoms with Crippen molar-refractivity contribution in [1.29, 1.82) is 0 Å². The zero-order chi connectivity index (χ0) is 13.3. The van der Waals surface area contributed by atoms with E-state index in [0.29, 0.717) is 18.6 Å². The van der Waals surface area contributed by atoms with E-state index in [4.69, 9.17) is 0 Å². The van der Waals surface area contributed by atoms with Gasteiger partial charge in [0.2, 0.25) is 0 Å². The number of hydrogen-bond acceptors (Lipinski definition) is 3. The predicted molar refractivity (Wildman–Crippen MR) is 72.1 cm³/mol. The van der Waals surface area contributed by atoms with Crippen LogP contribution in [-0.4, -0.2) is 23.7 Å². The van der Waals surface area contributed by atoms with Crippen molar-refractivity contribution in [2.45, 2.75) is 39.2 Å². The average Bonchev–Trinajstić information content (AvgIpc) is 2.27. The maximum atomic E-state index is 11.5. The molecule has 2 rings (SSSR count). The van der Waals surface area contributed by atoms with Crippen molar-refractivity contribution in [3.8, 4) is 0 Å². The average molecular weight is 245 g/mol. The highest BCUT2D eigenvalue weighted by Gasteiger charge is 2.33. The number of carbonyl (C=O) groups excluding carboxylic acids is 2. The normalized spacial score (nSPS) is 18.8. The maximum absolute atomic E-state index is 11.5. The molecule has 1 heterocycles.